The quantitative estimate of drug-likeness (QED) is 0.427. The predicted octanol–water partition coefficient (Wildman–Crippen LogP) is 2.46. The topological polar surface area (TPSA) is 26.3 Å². The fourth-order valence-corrected chi connectivity index (χ4v) is 0.599. The van der Waals surface area contributed by atoms with E-state index >= 15 is 0 Å². The standard InChI is InChI=1S/C7H6F6O2/c1-2-5(14)15-3-4(6(8,9)10)7(11,12)13/h2,4H,1,3H2. The second-order valence-corrected chi connectivity index (χ2v) is 2.47. The zero-order valence-electron chi connectivity index (χ0n) is 7.15. The number of esters is 1. The number of carbonyl (C=O) groups is 1. The molecule has 0 saturated heterocycles. The molecule has 0 radical (unpaired) electrons. The van der Waals surface area contributed by atoms with Crippen LogP contribution in [-0.2, 0) is 9.53 Å². The van der Waals surface area contributed by atoms with Crippen molar-refractivity contribution in [3.63, 3.8) is 0 Å². The van der Waals surface area contributed by atoms with Gasteiger partial charge >= 0.3 is 18.3 Å². The van der Waals surface area contributed by atoms with Crippen LogP contribution < -0.4 is 0 Å². The third-order valence-corrected chi connectivity index (χ3v) is 1.35. The Hall–Kier alpha value is -1.21. The van der Waals surface area contributed by atoms with Crippen LogP contribution in [0.15, 0.2) is 12.7 Å². The van der Waals surface area contributed by atoms with Crippen molar-refractivity contribution in [2.75, 3.05) is 6.61 Å². The lowest BCUT2D eigenvalue weighted by Crippen LogP contribution is -2.40. The summed E-state index contributed by atoms with van der Waals surface area (Å²) in [6, 6.07) is 0. The summed E-state index contributed by atoms with van der Waals surface area (Å²) in [4.78, 5) is 10.3. The Morgan fingerprint density at radius 1 is 1.20 bits per heavy atom. The number of hydrogen-bond donors (Lipinski definition) is 0. The minimum atomic E-state index is -5.50. The van der Waals surface area contributed by atoms with E-state index in [0.29, 0.717) is 6.08 Å². The first-order valence-electron chi connectivity index (χ1n) is 3.51. The second-order valence-electron chi connectivity index (χ2n) is 2.47. The number of ether oxygens (including phenoxy) is 1. The smallest absolute Gasteiger partial charge is 0.403 e. The zero-order chi connectivity index (χ0) is 12.3. The molecule has 0 unspecified atom stereocenters. The summed E-state index contributed by atoms with van der Waals surface area (Å²) in [5.74, 6) is -5.01. The summed E-state index contributed by atoms with van der Waals surface area (Å²) in [5, 5.41) is 0. The first kappa shape index (κ1) is 13.8. The van der Waals surface area contributed by atoms with Gasteiger partial charge in [0.25, 0.3) is 0 Å². The van der Waals surface area contributed by atoms with Gasteiger partial charge < -0.3 is 4.74 Å². The molecule has 2 nitrogen and oxygen atoms in total. The number of hydrogen-bond acceptors (Lipinski definition) is 2. The molecule has 0 aromatic rings. The summed E-state index contributed by atoms with van der Waals surface area (Å²) in [5.41, 5.74) is 0. The fraction of sp³-hybridized carbons (Fsp3) is 0.571. The highest BCUT2D eigenvalue weighted by molar-refractivity contribution is 5.81. The fourth-order valence-electron chi connectivity index (χ4n) is 0.599. The third kappa shape index (κ3) is 4.71. The van der Waals surface area contributed by atoms with Gasteiger partial charge in [0.05, 0.1) is 0 Å². The van der Waals surface area contributed by atoms with Crippen LogP contribution in [0, 0.1) is 5.92 Å². The van der Waals surface area contributed by atoms with Gasteiger partial charge in [0.1, 0.15) is 6.61 Å². The molecule has 0 atom stereocenters. The molecule has 0 aromatic carbocycles. The van der Waals surface area contributed by atoms with E-state index in [1.807, 2.05) is 0 Å². The van der Waals surface area contributed by atoms with E-state index in [9.17, 15) is 31.1 Å². The summed E-state index contributed by atoms with van der Waals surface area (Å²) in [6.45, 7) is 1.03. The van der Waals surface area contributed by atoms with Crippen molar-refractivity contribution in [3.05, 3.63) is 12.7 Å². The van der Waals surface area contributed by atoms with E-state index in [1.165, 1.54) is 0 Å². The normalized spacial score (nSPS) is 12.7. The zero-order valence-corrected chi connectivity index (χ0v) is 7.15. The van der Waals surface area contributed by atoms with Gasteiger partial charge in [0, 0.05) is 6.08 Å². The van der Waals surface area contributed by atoms with Crippen molar-refractivity contribution in [1.29, 1.82) is 0 Å². The maximum absolute atomic E-state index is 11.8. The van der Waals surface area contributed by atoms with Crippen LogP contribution in [0.4, 0.5) is 26.3 Å². The highest BCUT2D eigenvalue weighted by Crippen LogP contribution is 2.39. The molecular weight excluding hydrogens is 230 g/mol. The molecule has 15 heavy (non-hydrogen) atoms. The van der Waals surface area contributed by atoms with Crippen molar-refractivity contribution >= 4 is 5.97 Å². The number of carbonyl (C=O) groups excluding carboxylic acids is 1. The molecule has 0 aliphatic rings. The highest BCUT2D eigenvalue weighted by atomic mass is 19.4. The first-order chi connectivity index (χ1) is 6.59. The first-order valence-corrected chi connectivity index (χ1v) is 3.51. The number of alkyl halides is 6. The van der Waals surface area contributed by atoms with E-state index in [2.05, 4.69) is 11.3 Å². The molecule has 0 rings (SSSR count). The van der Waals surface area contributed by atoms with Crippen LogP contribution in [0.5, 0.6) is 0 Å². The van der Waals surface area contributed by atoms with Crippen molar-refractivity contribution < 1.29 is 35.9 Å². The molecule has 0 saturated carbocycles. The number of rotatable bonds is 3. The van der Waals surface area contributed by atoms with Crippen molar-refractivity contribution in [1.82, 2.24) is 0 Å². The molecule has 0 fully saturated rings. The minimum Gasteiger partial charge on any atom is -0.462 e. The van der Waals surface area contributed by atoms with E-state index in [-0.39, 0.29) is 0 Å². The van der Waals surface area contributed by atoms with Gasteiger partial charge in [-0.3, -0.25) is 0 Å². The molecule has 0 N–H and O–H groups in total. The van der Waals surface area contributed by atoms with Gasteiger partial charge in [0.2, 0.25) is 0 Å². The van der Waals surface area contributed by atoms with Crippen molar-refractivity contribution in [2.24, 2.45) is 5.92 Å². The summed E-state index contributed by atoms with van der Waals surface area (Å²) in [6.07, 6.45) is -10.5. The largest absolute Gasteiger partial charge is 0.462 e. The van der Waals surface area contributed by atoms with Crippen LogP contribution in [0.1, 0.15) is 0 Å². The van der Waals surface area contributed by atoms with Gasteiger partial charge in [-0.15, -0.1) is 0 Å². The van der Waals surface area contributed by atoms with Crippen LogP contribution in [0.2, 0.25) is 0 Å². The Morgan fingerprint density at radius 2 is 1.60 bits per heavy atom. The second kappa shape index (κ2) is 4.54. The van der Waals surface area contributed by atoms with Crippen LogP contribution >= 0.6 is 0 Å². The van der Waals surface area contributed by atoms with Gasteiger partial charge in [-0.25, -0.2) is 4.79 Å². The molecule has 0 aliphatic heterocycles. The Morgan fingerprint density at radius 3 is 1.87 bits per heavy atom. The van der Waals surface area contributed by atoms with E-state index in [4.69, 9.17) is 0 Å². The van der Waals surface area contributed by atoms with Crippen LogP contribution in [-0.4, -0.2) is 24.9 Å². The Labute approximate surface area is 80.5 Å². The number of halogens is 6. The lowest BCUT2D eigenvalue weighted by Gasteiger charge is -2.22. The molecule has 0 aliphatic carbocycles. The summed E-state index contributed by atoms with van der Waals surface area (Å²) < 4.78 is 74.7. The Balaban J connectivity index is 4.55. The van der Waals surface area contributed by atoms with Gasteiger partial charge in [0.15, 0.2) is 5.92 Å². The Kier molecular flexibility index (Phi) is 4.17. The van der Waals surface area contributed by atoms with Gasteiger partial charge in [-0.05, 0) is 0 Å². The SMILES string of the molecule is C=CC(=O)OCC(C(F)(F)F)C(F)(F)F. The molecular formula is C7H6F6O2. The summed E-state index contributed by atoms with van der Waals surface area (Å²) in [7, 11) is 0. The van der Waals surface area contributed by atoms with E-state index < -0.39 is 30.8 Å². The molecule has 0 amide bonds. The van der Waals surface area contributed by atoms with Crippen LogP contribution in [0.3, 0.4) is 0 Å². The average Bonchev–Trinajstić information content (AvgIpc) is 1.99. The molecule has 0 heterocycles. The average molecular weight is 236 g/mol. The molecule has 0 bridgehead atoms. The highest BCUT2D eigenvalue weighted by Gasteiger charge is 2.57. The lowest BCUT2D eigenvalue weighted by molar-refractivity contribution is -0.292. The maximum atomic E-state index is 11.8. The van der Waals surface area contributed by atoms with E-state index in [1.54, 1.807) is 0 Å². The lowest BCUT2D eigenvalue weighted by atomic mass is 10.1. The summed E-state index contributed by atoms with van der Waals surface area (Å²) >= 11 is 0. The molecule has 8 heteroatoms. The van der Waals surface area contributed by atoms with E-state index in [0.717, 1.165) is 0 Å². The Bertz CT molecular complexity index is 227. The molecule has 0 spiro atoms. The van der Waals surface area contributed by atoms with Gasteiger partial charge in [-0.2, -0.15) is 26.3 Å². The van der Waals surface area contributed by atoms with Crippen molar-refractivity contribution in [2.45, 2.75) is 12.4 Å². The molecule has 88 valence electrons. The predicted molar refractivity (Wildman–Crippen MR) is 36.8 cm³/mol. The maximum Gasteiger partial charge on any atom is 0.403 e. The monoisotopic (exact) mass is 236 g/mol. The third-order valence-electron chi connectivity index (χ3n) is 1.35. The van der Waals surface area contributed by atoms with Gasteiger partial charge in [-0.1, -0.05) is 6.58 Å². The van der Waals surface area contributed by atoms with Crippen molar-refractivity contribution in [3.8, 4) is 0 Å². The van der Waals surface area contributed by atoms with Crippen LogP contribution in [0.25, 0.3) is 0 Å². The molecule has 0 aromatic heterocycles. The minimum absolute atomic E-state index is 0.476.